The van der Waals surface area contributed by atoms with Crippen molar-refractivity contribution in [2.24, 2.45) is 0 Å². The number of hydrogen-bond donors (Lipinski definition) is 1. The Kier molecular flexibility index (Phi) is 6.66. The van der Waals surface area contributed by atoms with Crippen molar-refractivity contribution in [2.75, 3.05) is 19.5 Å². The maximum Gasteiger partial charge on any atom is 0.248 e. The third-order valence-corrected chi connectivity index (χ3v) is 4.70. The maximum absolute atomic E-state index is 13.3. The first kappa shape index (κ1) is 20.6. The van der Waals surface area contributed by atoms with E-state index >= 15 is 0 Å². The van der Waals surface area contributed by atoms with E-state index in [-0.39, 0.29) is 11.7 Å². The van der Waals surface area contributed by atoms with E-state index in [1.54, 1.807) is 49.5 Å². The number of carbonyl (C=O) groups is 1. The van der Waals surface area contributed by atoms with Gasteiger partial charge in [0.2, 0.25) is 5.91 Å². The number of halogens is 2. The summed E-state index contributed by atoms with van der Waals surface area (Å²) >= 11 is 3.12. The molecule has 8 heteroatoms. The van der Waals surface area contributed by atoms with Gasteiger partial charge in [-0.05, 0) is 45.8 Å². The van der Waals surface area contributed by atoms with Gasteiger partial charge in [-0.1, -0.05) is 18.2 Å². The zero-order valence-corrected chi connectivity index (χ0v) is 17.4. The van der Waals surface area contributed by atoms with Gasteiger partial charge in [-0.3, -0.25) is 9.48 Å². The Morgan fingerprint density at radius 1 is 1.28 bits per heavy atom. The van der Waals surface area contributed by atoms with Gasteiger partial charge >= 0.3 is 0 Å². The fourth-order valence-corrected chi connectivity index (χ4v) is 3.14. The summed E-state index contributed by atoms with van der Waals surface area (Å²) in [6, 6.07) is 10.1. The van der Waals surface area contributed by atoms with Crippen molar-refractivity contribution in [1.82, 2.24) is 9.78 Å². The molecule has 0 saturated carbocycles. The lowest BCUT2D eigenvalue weighted by Crippen LogP contribution is -2.07. The molecular formula is C21H19BrFN3O3. The van der Waals surface area contributed by atoms with Crippen molar-refractivity contribution >= 4 is 33.6 Å². The van der Waals surface area contributed by atoms with Crippen molar-refractivity contribution in [3.05, 3.63) is 76.3 Å². The van der Waals surface area contributed by atoms with E-state index in [2.05, 4.69) is 26.3 Å². The Morgan fingerprint density at radius 3 is 2.83 bits per heavy atom. The first-order chi connectivity index (χ1) is 14.0. The number of carbonyl (C=O) groups excluding carboxylic acids is 1. The van der Waals surface area contributed by atoms with Crippen LogP contribution in [0.3, 0.4) is 0 Å². The highest BCUT2D eigenvalue weighted by Gasteiger charge is 2.11. The smallest absolute Gasteiger partial charge is 0.248 e. The van der Waals surface area contributed by atoms with Crippen molar-refractivity contribution in [3.8, 4) is 11.5 Å². The SMILES string of the molecule is COc1cccc(Cn2cc(NC(=O)/C=C/c3ccc(F)c(Br)c3)cn2)c1OC. The average Bonchev–Trinajstić information content (AvgIpc) is 3.15. The van der Waals surface area contributed by atoms with Crippen LogP contribution in [0, 0.1) is 5.82 Å². The van der Waals surface area contributed by atoms with Crippen LogP contribution in [0.25, 0.3) is 6.08 Å². The summed E-state index contributed by atoms with van der Waals surface area (Å²) in [7, 11) is 3.17. The van der Waals surface area contributed by atoms with Crippen molar-refractivity contribution in [3.63, 3.8) is 0 Å². The lowest BCUT2D eigenvalue weighted by Gasteiger charge is -2.12. The monoisotopic (exact) mass is 459 g/mol. The van der Waals surface area contributed by atoms with Crippen molar-refractivity contribution in [1.29, 1.82) is 0 Å². The predicted octanol–water partition coefficient (Wildman–Crippen LogP) is 4.50. The molecule has 6 nitrogen and oxygen atoms in total. The van der Waals surface area contributed by atoms with E-state index in [9.17, 15) is 9.18 Å². The maximum atomic E-state index is 13.3. The number of para-hydroxylation sites is 1. The van der Waals surface area contributed by atoms with Crippen LogP contribution >= 0.6 is 15.9 Å². The zero-order valence-electron chi connectivity index (χ0n) is 15.9. The molecule has 2 aromatic carbocycles. The fourth-order valence-electron chi connectivity index (χ4n) is 2.74. The molecule has 1 aromatic heterocycles. The van der Waals surface area contributed by atoms with Crippen LogP contribution in [0.4, 0.5) is 10.1 Å². The molecule has 0 bridgehead atoms. The number of anilines is 1. The Morgan fingerprint density at radius 2 is 2.10 bits per heavy atom. The number of methoxy groups -OCH3 is 2. The Bertz CT molecular complexity index is 1050. The molecule has 1 amide bonds. The second-order valence-electron chi connectivity index (χ2n) is 6.08. The molecule has 0 spiro atoms. The third-order valence-electron chi connectivity index (χ3n) is 4.09. The van der Waals surface area contributed by atoms with Crippen LogP contribution in [-0.2, 0) is 11.3 Å². The fraction of sp³-hybridized carbons (Fsp3) is 0.143. The number of hydrogen-bond acceptors (Lipinski definition) is 4. The zero-order chi connectivity index (χ0) is 20.8. The van der Waals surface area contributed by atoms with Crippen LogP contribution in [0.1, 0.15) is 11.1 Å². The molecule has 0 atom stereocenters. The summed E-state index contributed by atoms with van der Waals surface area (Å²) < 4.78 is 26.0. The summed E-state index contributed by atoms with van der Waals surface area (Å²) in [5.74, 6) is 0.614. The molecule has 0 aliphatic carbocycles. The number of benzene rings is 2. The highest BCUT2D eigenvalue weighted by atomic mass is 79.9. The van der Waals surface area contributed by atoms with E-state index in [1.807, 2.05) is 18.2 Å². The van der Waals surface area contributed by atoms with E-state index < -0.39 is 0 Å². The minimum absolute atomic E-state index is 0.316. The molecule has 0 fully saturated rings. The minimum atomic E-state index is -0.355. The molecule has 0 unspecified atom stereocenters. The molecule has 1 heterocycles. The number of ether oxygens (including phenoxy) is 2. The molecule has 150 valence electrons. The summed E-state index contributed by atoms with van der Waals surface area (Å²) in [5, 5.41) is 7.01. The summed E-state index contributed by atoms with van der Waals surface area (Å²) in [5.41, 5.74) is 2.16. The lowest BCUT2D eigenvalue weighted by molar-refractivity contribution is -0.111. The summed E-state index contributed by atoms with van der Waals surface area (Å²) in [6.07, 6.45) is 6.26. The number of nitrogens with one attached hydrogen (secondary N) is 1. The lowest BCUT2D eigenvalue weighted by atomic mass is 10.2. The Labute approximate surface area is 176 Å². The van der Waals surface area contributed by atoms with Gasteiger partial charge in [0, 0.05) is 17.8 Å². The van der Waals surface area contributed by atoms with Crippen LogP contribution < -0.4 is 14.8 Å². The van der Waals surface area contributed by atoms with Gasteiger partial charge in [-0.25, -0.2) is 4.39 Å². The number of nitrogens with zero attached hydrogens (tertiary/aromatic N) is 2. The van der Waals surface area contributed by atoms with Gasteiger partial charge in [0.05, 0.1) is 37.1 Å². The van der Waals surface area contributed by atoms with Crippen LogP contribution in [-0.4, -0.2) is 29.9 Å². The van der Waals surface area contributed by atoms with Gasteiger partial charge < -0.3 is 14.8 Å². The number of amides is 1. The number of aromatic nitrogens is 2. The molecule has 0 saturated heterocycles. The van der Waals surface area contributed by atoms with Crippen LogP contribution in [0.5, 0.6) is 11.5 Å². The topological polar surface area (TPSA) is 65.4 Å². The Hall–Kier alpha value is -3.13. The molecule has 0 radical (unpaired) electrons. The molecule has 0 aliphatic rings. The standard InChI is InChI=1S/C21H19BrFN3O3/c1-28-19-5-3-4-15(21(19)29-2)12-26-13-16(11-24-26)25-20(27)9-7-14-6-8-18(23)17(22)10-14/h3-11,13H,12H2,1-2H3,(H,25,27)/b9-7+. The predicted molar refractivity (Wildman–Crippen MR) is 113 cm³/mol. The van der Waals surface area contributed by atoms with Crippen molar-refractivity contribution < 1.29 is 18.7 Å². The van der Waals surface area contributed by atoms with E-state index in [0.717, 1.165) is 5.56 Å². The normalized spacial score (nSPS) is 10.9. The largest absolute Gasteiger partial charge is 0.493 e. The van der Waals surface area contributed by atoms with Gasteiger partial charge in [-0.2, -0.15) is 5.10 Å². The summed E-state index contributed by atoms with van der Waals surface area (Å²) in [4.78, 5) is 12.1. The minimum Gasteiger partial charge on any atom is -0.493 e. The highest BCUT2D eigenvalue weighted by molar-refractivity contribution is 9.10. The average molecular weight is 460 g/mol. The molecule has 0 aliphatic heterocycles. The highest BCUT2D eigenvalue weighted by Crippen LogP contribution is 2.31. The molecular weight excluding hydrogens is 441 g/mol. The van der Waals surface area contributed by atoms with Crippen LogP contribution in [0.15, 0.2) is 59.3 Å². The van der Waals surface area contributed by atoms with E-state index in [1.165, 1.54) is 12.1 Å². The van der Waals surface area contributed by atoms with Gasteiger partial charge in [-0.15, -0.1) is 0 Å². The molecule has 3 aromatic rings. The second kappa shape index (κ2) is 9.38. The molecule has 29 heavy (non-hydrogen) atoms. The molecule has 3 rings (SSSR count). The first-order valence-corrected chi connectivity index (χ1v) is 9.46. The Balaban J connectivity index is 1.65. The van der Waals surface area contributed by atoms with E-state index in [0.29, 0.717) is 33.8 Å². The van der Waals surface area contributed by atoms with E-state index in [4.69, 9.17) is 9.47 Å². The third kappa shape index (κ3) is 5.23. The van der Waals surface area contributed by atoms with Crippen molar-refractivity contribution in [2.45, 2.75) is 6.54 Å². The van der Waals surface area contributed by atoms with Gasteiger partial charge in [0.15, 0.2) is 11.5 Å². The van der Waals surface area contributed by atoms with Crippen LogP contribution in [0.2, 0.25) is 0 Å². The second-order valence-corrected chi connectivity index (χ2v) is 6.93. The van der Waals surface area contributed by atoms with Gasteiger partial charge in [0.25, 0.3) is 0 Å². The van der Waals surface area contributed by atoms with Gasteiger partial charge in [0.1, 0.15) is 5.82 Å². The quantitative estimate of drug-likeness (QED) is 0.528. The first-order valence-electron chi connectivity index (χ1n) is 8.66. The molecule has 1 N–H and O–H groups in total. The summed E-state index contributed by atoms with van der Waals surface area (Å²) in [6.45, 7) is 0.454. The number of rotatable bonds is 7.